The number of carboxylic acids is 1. The number of anilines is 1. The highest BCUT2D eigenvalue weighted by Gasteiger charge is 2.02. The summed E-state index contributed by atoms with van der Waals surface area (Å²) in [5.74, 6) is -1.29. The third-order valence-electron chi connectivity index (χ3n) is 1.73. The number of halogens is 1. The van der Waals surface area contributed by atoms with E-state index in [9.17, 15) is 9.59 Å². The van der Waals surface area contributed by atoms with Crippen LogP contribution in [0.2, 0.25) is 5.02 Å². The number of carboxylic acid groups (broad SMARTS) is 1. The lowest BCUT2D eigenvalue weighted by Gasteiger charge is -2.06. The van der Waals surface area contributed by atoms with E-state index >= 15 is 0 Å². The van der Waals surface area contributed by atoms with Gasteiger partial charge in [-0.3, -0.25) is 4.79 Å². The molecule has 0 saturated heterocycles. The average molecular weight is 240 g/mol. The van der Waals surface area contributed by atoms with Crippen LogP contribution < -0.4 is 5.32 Å². The summed E-state index contributed by atoms with van der Waals surface area (Å²) in [7, 11) is 0. The molecule has 0 atom stereocenters. The van der Waals surface area contributed by atoms with Crippen LogP contribution in [0.3, 0.4) is 0 Å². The Balaban J connectivity index is 3.07. The fourth-order valence-electron chi connectivity index (χ4n) is 1.14. The molecule has 1 aromatic carbocycles. The summed E-state index contributed by atoms with van der Waals surface area (Å²) in [6.45, 7) is 1.37. The summed E-state index contributed by atoms with van der Waals surface area (Å²) in [5, 5.41) is 11.6. The van der Waals surface area contributed by atoms with Gasteiger partial charge in [-0.25, -0.2) is 4.79 Å². The Kier molecular flexibility index (Phi) is 4.08. The van der Waals surface area contributed by atoms with Crippen molar-refractivity contribution in [3.8, 4) is 0 Å². The van der Waals surface area contributed by atoms with E-state index in [-0.39, 0.29) is 5.91 Å². The second kappa shape index (κ2) is 5.32. The third kappa shape index (κ3) is 3.74. The van der Waals surface area contributed by atoms with Crippen LogP contribution in [0.4, 0.5) is 5.69 Å². The first-order chi connectivity index (χ1) is 7.49. The number of carbonyl (C=O) groups excluding carboxylic acids is 1. The van der Waals surface area contributed by atoms with Crippen LogP contribution in [-0.4, -0.2) is 17.0 Å². The van der Waals surface area contributed by atoms with Gasteiger partial charge in [0.2, 0.25) is 5.91 Å². The molecule has 0 saturated carbocycles. The van der Waals surface area contributed by atoms with E-state index in [2.05, 4.69) is 5.32 Å². The van der Waals surface area contributed by atoms with Gasteiger partial charge in [-0.1, -0.05) is 11.6 Å². The predicted octanol–water partition coefficient (Wildman–Crippen LogP) is 2.40. The molecule has 0 unspecified atom stereocenters. The maximum atomic E-state index is 10.9. The van der Waals surface area contributed by atoms with Crippen LogP contribution >= 0.6 is 11.6 Å². The van der Waals surface area contributed by atoms with Crippen molar-refractivity contribution < 1.29 is 14.7 Å². The van der Waals surface area contributed by atoms with Crippen molar-refractivity contribution >= 4 is 35.2 Å². The van der Waals surface area contributed by atoms with Gasteiger partial charge in [-0.15, -0.1) is 0 Å². The average Bonchev–Trinajstić information content (AvgIpc) is 2.17. The summed E-state index contributed by atoms with van der Waals surface area (Å²) in [5.41, 5.74) is 1.07. The van der Waals surface area contributed by atoms with Gasteiger partial charge >= 0.3 is 5.97 Å². The first-order valence-electron chi connectivity index (χ1n) is 4.47. The van der Waals surface area contributed by atoms with Gasteiger partial charge in [-0.2, -0.15) is 0 Å². The lowest BCUT2D eigenvalue weighted by atomic mass is 10.1. The number of aliphatic carboxylic acids is 1. The maximum Gasteiger partial charge on any atom is 0.328 e. The van der Waals surface area contributed by atoms with Gasteiger partial charge in [-0.05, 0) is 29.8 Å². The molecule has 1 amide bonds. The zero-order valence-corrected chi connectivity index (χ0v) is 9.28. The third-order valence-corrected chi connectivity index (χ3v) is 1.96. The molecule has 0 spiro atoms. The Hall–Kier alpha value is -1.81. The molecule has 84 valence electrons. The summed E-state index contributed by atoms with van der Waals surface area (Å²) in [4.78, 5) is 21.3. The second-order valence-electron chi connectivity index (χ2n) is 3.08. The number of amides is 1. The van der Waals surface area contributed by atoms with Crippen molar-refractivity contribution in [2.75, 3.05) is 5.32 Å². The monoisotopic (exact) mass is 239 g/mol. The molecule has 0 bridgehead atoms. The molecule has 1 aromatic rings. The minimum Gasteiger partial charge on any atom is -0.478 e. The largest absolute Gasteiger partial charge is 0.478 e. The van der Waals surface area contributed by atoms with Crippen molar-refractivity contribution in [2.45, 2.75) is 6.92 Å². The number of rotatable bonds is 3. The lowest BCUT2D eigenvalue weighted by molar-refractivity contribution is -0.131. The molecule has 0 radical (unpaired) electrons. The van der Waals surface area contributed by atoms with E-state index in [1.54, 1.807) is 18.2 Å². The van der Waals surface area contributed by atoms with Gasteiger partial charge in [0, 0.05) is 23.7 Å². The van der Waals surface area contributed by atoms with Crippen molar-refractivity contribution in [1.29, 1.82) is 0 Å². The molecule has 0 aromatic heterocycles. The molecular weight excluding hydrogens is 230 g/mol. The topological polar surface area (TPSA) is 66.4 Å². The number of carbonyl (C=O) groups is 2. The molecule has 2 N–H and O–H groups in total. The second-order valence-corrected chi connectivity index (χ2v) is 3.52. The van der Waals surface area contributed by atoms with E-state index in [0.29, 0.717) is 16.3 Å². The van der Waals surface area contributed by atoms with Crippen LogP contribution in [0, 0.1) is 0 Å². The molecule has 1 rings (SSSR count). The first kappa shape index (κ1) is 12.3. The van der Waals surface area contributed by atoms with Crippen LogP contribution in [0.25, 0.3) is 6.08 Å². The molecule has 16 heavy (non-hydrogen) atoms. The summed E-state index contributed by atoms with van der Waals surface area (Å²) < 4.78 is 0. The number of hydrogen-bond donors (Lipinski definition) is 2. The Labute approximate surface area is 97.5 Å². The molecular formula is C11H10ClNO3. The van der Waals surface area contributed by atoms with Crippen LogP contribution in [0.1, 0.15) is 12.5 Å². The number of nitrogens with one attached hydrogen (secondary N) is 1. The molecule has 0 aliphatic heterocycles. The first-order valence-corrected chi connectivity index (χ1v) is 4.85. The van der Waals surface area contributed by atoms with Crippen molar-refractivity contribution in [3.05, 3.63) is 34.9 Å². The lowest BCUT2D eigenvalue weighted by Crippen LogP contribution is -2.06. The zero-order valence-electron chi connectivity index (χ0n) is 8.53. The van der Waals surface area contributed by atoms with Gasteiger partial charge in [0.25, 0.3) is 0 Å². The maximum absolute atomic E-state index is 10.9. The fourth-order valence-corrected chi connectivity index (χ4v) is 1.32. The van der Waals surface area contributed by atoms with Crippen molar-refractivity contribution in [2.24, 2.45) is 0 Å². The van der Waals surface area contributed by atoms with E-state index in [1.807, 2.05) is 0 Å². The highest BCUT2D eigenvalue weighted by Crippen LogP contribution is 2.22. The van der Waals surface area contributed by atoms with Gasteiger partial charge < -0.3 is 10.4 Å². The molecule has 0 fully saturated rings. The van der Waals surface area contributed by atoms with Gasteiger partial charge in [0.05, 0.1) is 0 Å². The predicted molar refractivity (Wildman–Crippen MR) is 62.4 cm³/mol. The minimum absolute atomic E-state index is 0.229. The Morgan fingerprint density at radius 3 is 2.69 bits per heavy atom. The standard InChI is InChI=1S/C11H10ClNO3/c1-7(14)13-10-4-3-9(12)6-8(10)2-5-11(15)16/h2-6H,1H3,(H,13,14)(H,15,16). The van der Waals surface area contributed by atoms with E-state index in [0.717, 1.165) is 6.08 Å². The van der Waals surface area contributed by atoms with Crippen LogP contribution in [-0.2, 0) is 9.59 Å². The quantitative estimate of drug-likeness (QED) is 0.796. The fraction of sp³-hybridized carbons (Fsp3) is 0.0909. The molecule has 0 aliphatic rings. The van der Waals surface area contributed by atoms with Crippen LogP contribution in [0.5, 0.6) is 0 Å². The highest BCUT2D eigenvalue weighted by atomic mass is 35.5. The van der Waals surface area contributed by atoms with Crippen molar-refractivity contribution in [1.82, 2.24) is 0 Å². The Morgan fingerprint density at radius 2 is 2.12 bits per heavy atom. The Morgan fingerprint density at radius 1 is 1.44 bits per heavy atom. The molecule has 0 heterocycles. The SMILES string of the molecule is CC(=O)Nc1ccc(Cl)cc1C=CC(=O)O. The van der Waals surface area contributed by atoms with Crippen LogP contribution in [0.15, 0.2) is 24.3 Å². The molecule has 4 nitrogen and oxygen atoms in total. The normalized spacial score (nSPS) is 10.4. The van der Waals surface area contributed by atoms with Gasteiger partial charge in [0.1, 0.15) is 0 Å². The summed E-state index contributed by atoms with van der Waals surface area (Å²) in [6, 6.07) is 4.81. The van der Waals surface area contributed by atoms with E-state index in [4.69, 9.17) is 16.7 Å². The van der Waals surface area contributed by atoms with E-state index < -0.39 is 5.97 Å². The Bertz CT molecular complexity index is 455. The van der Waals surface area contributed by atoms with Crippen molar-refractivity contribution in [3.63, 3.8) is 0 Å². The summed E-state index contributed by atoms with van der Waals surface area (Å²) in [6.07, 6.45) is 2.36. The number of benzene rings is 1. The zero-order chi connectivity index (χ0) is 12.1. The number of hydrogen-bond acceptors (Lipinski definition) is 2. The molecule has 0 aliphatic carbocycles. The molecule has 5 heteroatoms. The smallest absolute Gasteiger partial charge is 0.328 e. The summed E-state index contributed by atoms with van der Waals surface area (Å²) >= 11 is 5.77. The van der Waals surface area contributed by atoms with E-state index in [1.165, 1.54) is 13.0 Å². The minimum atomic E-state index is -1.06. The van der Waals surface area contributed by atoms with Gasteiger partial charge in [0.15, 0.2) is 0 Å². The highest BCUT2D eigenvalue weighted by molar-refractivity contribution is 6.30.